The van der Waals surface area contributed by atoms with E-state index in [0.717, 1.165) is 12.8 Å². The molecule has 0 heterocycles. The zero-order valence-electron chi connectivity index (χ0n) is 12.2. The molecule has 0 fully saturated rings. The zero-order chi connectivity index (χ0) is 13.7. The van der Waals surface area contributed by atoms with Crippen molar-refractivity contribution >= 4 is 0 Å². The molecule has 0 amide bonds. The van der Waals surface area contributed by atoms with Gasteiger partial charge in [-0.3, -0.25) is 0 Å². The molecule has 1 atom stereocenters. The van der Waals surface area contributed by atoms with Crippen LogP contribution in [0.4, 0.5) is 0 Å². The highest BCUT2D eigenvalue weighted by Crippen LogP contribution is 2.21. The number of rotatable bonds is 8. The second-order valence-electron chi connectivity index (χ2n) is 5.79. The average Bonchev–Trinajstić information content (AvgIpc) is 2.16. The highest BCUT2D eigenvalue weighted by atomic mass is 16.6. The van der Waals surface area contributed by atoms with E-state index in [1.807, 2.05) is 13.8 Å². The molecule has 0 aliphatic rings. The summed E-state index contributed by atoms with van der Waals surface area (Å²) in [7, 11) is 0. The predicted octanol–water partition coefficient (Wildman–Crippen LogP) is 3.27. The Morgan fingerprint density at radius 1 is 1.24 bits per heavy atom. The smallest absolute Gasteiger partial charge is 0.177 e. The molecule has 0 spiro atoms. The minimum Gasteiger partial charge on any atom is -0.375 e. The van der Waals surface area contributed by atoms with Crippen LogP contribution in [0, 0.1) is 0 Å². The first-order valence-corrected chi connectivity index (χ1v) is 6.25. The van der Waals surface area contributed by atoms with Gasteiger partial charge < -0.3 is 14.6 Å². The highest BCUT2D eigenvalue weighted by Gasteiger charge is 2.24. The summed E-state index contributed by atoms with van der Waals surface area (Å²) in [5.74, 6) is 0. The third kappa shape index (κ3) is 7.53. The monoisotopic (exact) mass is 244 g/mol. The van der Waals surface area contributed by atoms with Gasteiger partial charge in [0.25, 0.3) is 0 Å². The molecule has 0 aromatic carbocycles. The van der Waals surface area contributed by atoms with E-state index in [9.17, 15) is 5.11 Å². The summed E-state index contributed by atoms with van der Waals surface area (Å²) in [6.07, 6.45) is 0.813. The molecule has 0 radical (unpaired) electrons. The van der Waals surface area contributed by atoms with Crippen LogP contribution in [0.25, 0.3) is 0 Å². The summed E-state index contributed by atoms with van der Waals surface area (Å²) in [5, 5.41) is 9.60. The minimum absolute atomic E-state index is 0.0942. The summed E-state index contributed by atoms with van der Waals surface area (Å²) in [6.45, 7) is 16.2. The lowest BCUT2D eigenvalue weighted by Gasteiger charge is -2.31. The molecular weight excluding hydrogens is 216 g/mol. The molecule has 102 valence electrons. The molecule has 1 N–H and O–H groups in total. The quantitative estimate of drug-likeness (QED) is 0.526. The van der Waals surface area contributed by atoms with Crippen molar-refractivity contribution in [2.45, 2.75) is 71.9 Å². The van der Waals surface area contributed by atoms with Crippen LogP contribution in [0.1, 0.15) is 54.4 Å². The van der Waals surface area contributed by atoms with Gasteiger partial charge in [0.05, 0.1) is 17.8 Å². The molecular formula is C14H28O3. The minimum atomic E-state index is -0.899. The SMILES string of the molecule is C=C(C)C(O)OC(C)(C)CCOC(C)(C)CC. The Hall–Kier alpha value is -0.380. The molecule has 0 bridgehead atoms. The van der Waals surface area contributed by atoms with Crippen LogP contribution in [-0.2, 0) is 9.47 Å². The Bertz CT molecular complexity index is 244. The van der Waals surface area contributed by atoms with E-state index in [2.05, 4.69) is 27.4 Å². The summed E-state index contributed by atoms with van der Waals surface area (Å²) in [4.78, 5) is 0. The van der Waals surface area contributed by atoms with Gasteiger partial charge in [-0.25, -0.2) is 0 Å². The predicted molar refractivity (Wildman–Crippen MR) is 70.9 cm³/mol. The van der Waals surface area contributed by atoms with Crippen LogP contribution in [0.3, 0.4) is 0 Å². The van der Waals surface area contributed by atoms with E-state index in [0.29, 0.717) is 12.2 Å². The largest absolute Gasteiger partial charge is 0.375 e. The first-order valence-electron chi connectivity index (χ1n) is 6.25. The molecule has 3 nitrogen and oxygen atoms in total. The average molecular weight is 244 g/mol. The first kappa shape index (κ1) is 16.6. The number of hydrogen-bond donors (Lipinski definition) is 1. The van der Waals surface area contributed by atoms with Crippen LogP contribution in [0.2, 0.25) is 0 Å². The molecule has 0 aliphatic carbocycles. The van der Waals surface area contributed by atoms with Crippen molar-refractivity contribution in [2.75, 3.05) is 6.61 Å². The molecule has 17 heavy (non-hydrogen) atoms. The lowest BCUT2D eigenvalue weighted by molar-refractivity contribution is -0.163. The Kier molecular flexibility index (Phi) is 6.38. The van der Waals surface area contributed by atoms with Crippen LogP contribution in [0.15, 0.2) is 12.2 Å². The Morgan fingerprint density at radius 3 is 2.18 bits per heavy atom. The second-order valence-corrected chi connectivity index (χ2v) is 5.79. The fourth-order valence-electron chi connectivity index (χ4n) is 1.14. The lowest BCUT2D eigenvalue weighted by atomic mass is 10.0. The Labute approximate surface area is 106 Å². The van der Waals surface area contributed by atoms with E-state index in [4.69, 9.17) is 9.47 Å². The Morgan fingerprint density at radius 2 is 1.76 bits per heavy atom. The van der Waals surface area contributed by atoms with E-state index >= 15 is 0 Å². The van der Waals surface area contributed by atoms with Crippen LogP contribution >= 0.6 is 0 Å². The Balaban J connectivity index is 4.06. The van der Waals surface area contributed by atoms with E-state index in [1.54, 1.807) is 6.92 Å². The third-order valence-electron chi connectivity index (χ3n) is 2.90. The van der Waals surface area contributed by atoms with Gasteiger partial charge in [0.15, 0.2) is 6.29 Å². The number of hydrogen-bond acceptors (Lipinski definition) is 3. The van der Waals surface area contributed by atoms with Crippen LogP contribution in [-0.4, -0.2) is 29.2 Å². The van der Waals surface area contributed by atoms with Crippen molar-refractivity contribution in [3.05, 3.63) is 12.2 Å². The highest BCUT2D eigenvalue weighted by molar-refractivity contribution is 4.93. The van der Waals surface area contributed by atoms with Crippen molar-refractivity contribution in [3.63, 3.8) is 0 Å². The summed E-state index contributed by atoms with van der Waals surface area (Å²) >= 11 is 0. The summed E-state index contributed by atoms with van der Waals surface area (Å²) in [6, 6.07) is 0. The number of ether oxygens (including phenoxy) is 2. The molecule has 3 heteroatoms. The molecule has 0 saturated heterocycles. The van der Waals surface area contributed by atoms with Crippen molar-refractivity contribution in [1.82, 2.24) is 0 Å². The molecule has 0 saturated carbocycles. The molecule has 0 rings (SSSR count). The zero-order valence-corrected chi connectivity index (χ0v) is 12.2. The van der Waals surface area contributed by atoms with E-state index in [-0.39, 0.29) is 5.60 Å². The fraction of sp³-hybridized carbons (Fsp3) is 0.857. The van der Waals surface area contributed by atoms with Gasteiger partial charge in [0.2, 0.25) is 0 Å². The molecule has 0 aromatic rings. The van der Waals surface area contributed by atoms with Gasteiger partial charge in [-0.15, -0.1) is 0 Å². The standard InChI is InChI=1S/C14H28O3/c1-8-13(4,5)16-10-9-14(6,7)17-12(15)11(2)3/h12,15H,2,8-10H2,1,3-7H3. The molecule has 0 aliphatic heterocycles. The van der Waals surface area contributed by atoms with Gasteiger partial charge in [-0.05, 0) is 53.0 Å². The second kappa shape index (κ2) is 6.53. The number of aliphatic hydroxyl groups excluding tert-OH is 1. The summed E-state index contributed by atoms with van der Waals surface area (Å²) in [5.41, 5.74) is 0.110. The van der Waals surface area contributed by atoms with Gasteiger partial charge in [0, 0.05) is 0 Å². The molecule has 0 aromatic heterocycles. The van der Waals surface area contributed by atoms with Crippen molar-refractivity contribution in [2.24, 2.45) is 0 Å². The van der Waals surface area contributed by atoms with Gasteiger partial charge in [0.1, 0.15) is 0 Å². The fourth-order valence-corrected chi connectivity index (χ4v) is 1.14. The summed E-state index contributed by atoms with van der Waals surface area (Å²) < 4.78 is 11.3. The maximum absolute atomic E-state index is 9.60. The van der Waals surface area contributed by atoms with Crippen molar-refractivity contribution < 1.29 is 14.6 Å². The maximum atomic E-state index is 9.60. The topological polar surface area (TPSA) is 38.7 Å². The lowest BCUT2D eigenvalue weighted by Crippen LogP contribution is -2.34. The van der Waals surface area contributed by atoms with Crippen molar-refractivity contribution in [3.8, 4) is 0 Å². The van der Waals surface area contributed by atoms with E-state index in [1.165, 1.54) is 0 Å². The normalized spacial score (nSPS) is 14.8. The first-order chi connectivity index (χ1) is 7.59. The van der Waals surface area contributed by atoms with Gasteiger partial charge in [-0.1, -0.05) is 13.5 Å². The number of aliphatic hydroxyl groups is 1. The third-order valence-corrected chi connectivity index (χ3v) is 2.90. The van der Waals surface area contributed by atoms with Gasteiger partial charge in [-0.2, -0.15) is 0 Å². The molecule has 1 unspecified atom stereocenters. The van der Waals surface area contributed by atoms with E-state index < -0.39 is 11.9 Å². The van der Waals surface area contributed by atoms with Crippen molar-refractivity contribution in [1.29, 1.82) is 0 Å². The van der Waals surface area contributed by atoms with Crippen LogP contribution < -0.4 is 0 Å². The van der Waals surface area contributed by atoms with Crippen LogP contribution in [0.5, 0.6) is 0 Å². The van der Waals surface area contributed by atoms with Gasteiger partial charge >= 0.3 is 0 Å². The maximum Gasteiger partial charge on any atom is 0.177 e.